The number of halogens is 1. The number of carbonyl (C=O) groups is 1. The van der Waals surface area contributed by atoms with E-state index in [1.54, 1.807) is 18.2 Å². The highest BCUT2D eigenvalue weighted by Gasteiger charge is 2.24. The topological polar surface area (TPSA) is 106 Å². The van der Waals surface area contributed by atoms with Crippen LogP contribution in [-0.4, -0.2) is 29.3 Å². The molecule has 0 atom stereocenters. The quantitative estimate of drug-likeness (QED) is 0.840. The van der Waals surface area contributed by atoms with Crippen LogP contribution in [-0.2, 0) is 21.9 Å². The number of aromatic nitrogens is 3. The molecule has 0 bridgehead atoms. The Bertz CT molecular complexity index is 767. The number of nitrogens with one attached hydrogen (secondary N) is 2. The predicted octanol–water partition coefficient (Wildman–Crippen LogP) is 1.34. The monoisotopic (exact) mass is 373 g/mol. The fourth-order valence-electron chi connectivity index (χ4n) is 1.68. The Balaban J connectivity index is 2.31. The Hall–Kier alpha value is -1.94. The number of carbonyl (C=O) groups excluding carboxylic acids is 1. The second-order valence-corrected chi connectivity index (χ2v) is 6.53. The van der Waals surface area contributed by atoms with Crippen LogP contribution in [0.15, 0.2) is 33.9 Å². The summed E-state index contributed by atoms with van der Waals surface area (Å²) in [4.78, 5) is 11.0. The lowest BCUT2D eigenvalue weighted by atomic mass is 10.3. The minimum atomic E-state index is -3.85. The Morgan fingerprint density at radius 1 is 1.33 bits per heavy atom. The van der Waals surface area contributed by atoms with Crippen molar-refractivity contribution in [2.45, 2.75) is 11.9 Å². The molecule has 0 aliphatic carbocycles. The number of amides is 1. The van der Waals surface area contributed by atoms with Gasteiger partial charge in [0.1, 0.15) is 0 Å². The van der Waals surface area contributed by atoms with Crippen LogP contribution >= 0.6 is 15.9 Å². The molecule has 1 amide bonds. The van der Waals surface area contributed by atoms with Crippen LogP contribution < -0.4 is 10.0 Å². The summed E-state index contributed by atoms with van der Waals surface area (Å²) >= 11 is 3.04. The van der Waals surface area contributed by atoms with Gasteiger partial charge in [-0.25, -0.2) is 4.68 Å². The molecule has 2 N–H and O–H groups in total. The van der Waals surface area contributed by atoms with Gasteiger partial charge in [0, 0.05) is 19.7 Å². The van der Waals surface area contributed by atoms with E-state index >= 15 is 0 Å². The van der Waals surface area contributed by atoms with Gasteiger partial charge in [-0.2, -0.15) is 8.42 Å². The number of benzene rings is 1. The molecule has 0 saturated heterocycles. The fraction of sp³-hybridized carbons (Fsp3) is 0.182. The van der Waals surface area contributed by atoms with E-state index < -0.39 is 10.0 Å². The summed E-state index contributed by atoms with van der Waals surface area (Å²) in [7, 11) is -2.38. The van der Waals surface area contributed by atoms with Gasteiger partial charge in [-0.05, 0) is 34.1 Å². The van der Waals surface area contributed by atoms with Crippen molar-refractivity contribution in [1.29, 1.82) is 0 Å². The van der Waals surface area contributed by atoms with Crippen LogP contribution in [0.2, 0.25) is 0 Å². The van der Waals surface area contributed by atoms with Crippen molar-refractivity contribution in [1.82, 2.24) is 15.0 Å². The first kappa shape index (κ1) is 15.4. The lowest BCUT2D eigenvalue weighted by Gasteiger charge is -2.09. The number of anilines is 2. The maximum atomic E-state index is 12.3. The lowest BCUT2D eigenvalue weighted by Crippen LogP contribution is -2.17. The first-order valence-corrected chi connectivity index (χ1v) is 8.03. The standard InChI is InChI=1S/C11H12BrN5O3S/c1-7(18)13-8-4-3-5-9(6-8)15-21(19,20)11-10(12)14-16-17(11)2/h3-6,15H,1-2H3,(H,13,18). The lowest BCUT2D eigenvalue weighted by molar-refractivity contribution is -0.114. The van der Waals surface area contributed by atoms with Gasteiger partial charge < -0.3 is 5.32 Å². The molecule has 0 aliphatic heterocycles. The van der Waals surface area contributed by atoms with Crippen LogP contribution in [0.1, 0.15) is 6.92 Å². The second kappa shape index (κ2) is 5.82. The van der Waals surface area contributed by atoms with E-state index in [4.69, 9.17) is 0 Å². The molecule has 2 rings (SSSR count). The molecular weight excluding hydrogens is 362 g/mol. The third-order valence-electron chi connectivity index (χ3n) is 2.43. The summed E-state index contributed by atoms with van der Waals surface area (Å²) in [6.07, 6.45) is 0. The summed E-state index contributed by atoms with van der Waals surface area (Å²) in [6, 6.07) is 6.36. The maximum absolute atomic E-state index is 12.3. The van der Waals surface area contributed by atoms with E-state index in [1.807, 2.05) is 0 Å². The third-order valence-corrected chi connectivity index (χ3v) is 4.69. The van der Waals surface area contributed by atoms with Gasteiger partial charge in [0.2, 0.25) is 10.9 Å². The minimum absolute atomic E-state index is 0.0903. The first-order chi connectivity index (χ1) is 9.79. The maximum Gasteiger partial charge on any atom is 0.281 e. The van der Waals surface area contributed by atoms with Crippen molar-refractivity contribution < 1.29 is 13.2 Å². The molecule has 21 heavy (non-hydrogen) atoms. The summed E-state index contributed by atoms with van der Waals surface area (Å²) in [6.45, 7) is 1.37. The Labute approximate surface area is 129 Å². The predicted molar refractivity (Wildman–Crippen MR) is 80.3 cm³/mol. The number of hydrogen-bond acceptors (Lipinski definition) is 5. The van der Waals surface area contributed by atoms with Gasteiger partial charge in [0.15, 0.2) is 4.60 Å². The molecule has 0 radical (unpaired) electrons. The summed E-state index contributed by atoms with van der Waals surface area (Å²) in [5.41, 5.74) is 0.805. The van der Waals surface area contributed by atoms with E-state index in [-0.39, 0.29) is 15.5 Å². The molecular formula is C11H12BrN5O3S. The van der Waals surface area contributed by atoms with Crippen molar-refractivity contribution >= 4 is 43.2 Å². The highest BCUT2D eigenvalue weighted by molar-refractivity contribution is 9.10. The van der Waals surface area contributed by atoms with Crippen molar-refractivity contribution in [3.05, 3.63) is 28.9 Å². The Morgan fingerprint density at radius 3 is 2.57 bits per heavy atom. The average molecular weight is 374 g/mol. The number of hydrogen-bond donors (Lipinski definition) is 2. The Kier molecular flexibility index (Phi) is 4.28. The van der Waals surface area contributed by atoms with Gasteiger partial charge in [0.05, 0.1) is 5.69 Å². The molecule has 0 saturated carbocycles. The van der Waals surface area contributed by atoms with Crippen LogP contribution in [0.25, 0.3) is 0 Å². The van der Waals surface area contributed by atoms with Crippen molar-refractivity contribution in [2.24, 2.45) is 7.05 Å². The van der Waals surface area contributed by atoms with Gasteiger partial charge in [0.25, 0.3) is 10.0 Å². The van der Waals surface area contributed by atoms with Crippen LogP contribution in [0, 0.1) is 0 Å². The van der Waals surface area contributed by atoms with E-state index in [0.29, 0.717) is 11.4 Å². The molecule has 0 unspecified atom stereocenters. The van der Waals surface area contributed by atoms with E-state index in [2.05, 4.69) is 36.3 Å². The van der Waals surface area contributed by atoms with Crippen LogP contribution in [0.5, 0.6) is 0 Å². The zero-order chi connectivity index (χ0) is 15.6. The van der Waals surface area contributed by atoms with Crippen molar-refractivity contribution in [3.8, 4) is 0 Å². The molecule has 10 heteroatoms. The second-order valence-electron chi connectivity index (χ2n) is 4.18. The first-order valence-electron chi connectivity index (χ1n) is 5.75. The molecule has 1 heterocycles. The SMILES string of the molecule is CC(=O)Nc1cccc(NS(=O)(=O)c2c(Br)nnn2C)c1. The normalized spacial score (nSPS) is 11.2. The van der Waals surface area contributed by atoms with E-state index in [0.717, 1.165) is 4.68 Å². The highest BCUT2D eigenvalue weighted by atomic mass is 79.9. The fourth-order valence-corrected chi connectivity index (χ4v) is 3.82. The summed E-state index contributed by atoms with van der Waals surface area (Å²) in [5.74, 6) is -0.242. The zero-order valence-corrected chi connectivity index (χ0v) is 13.6. The average Bonchev–Trinajstić information content (AvgIpc) is 2.68. The molecule has 112 valence electrons. The van der Waals surface area contributed by atoms with Crippen LogP contribution in [0.3, 0.4) is 0 Å². The smallest absolute Gasteiger partial charge is 0.281 e. The molecule has 0 spiro atoms. The number of aryl methyl sites for hydroxylation is 1. The molecule has 1 aromatic carbocycles. The number of rotatable bonds is 4. The van der Waals surface area contributed by atoms with Crippen LogP contribution in [0.4, 0.5) is 11.4 Å². The van der Waals surface area contributed by atoms with Crippen molar-refractivity contribution in [2.75, 3.05) is 10.0 Å². The number of nitrogens with zero attached hydrogens (tertiary/aromatic N) is 3. The van der Waals surface area contributed by atoms with E-state index in [9.17, 15) is 13.2 Å². The molecule has 0 fully saturated rings. The summed E-state index contributed by atoms with van der Waals surface area (Å²) in [5, 5.41) is 9.74. The van der Waals surface area contributed by atoms with Crippen molar-refractivity contribution in [3.63, 3.8) is 0 Å². The molecule has 8 nitrogen and oxygen atoms in total. The van der Waals surface area contributed by atoms with Gasteiger partial charge in [-0.3, -0.25) is 9.52 Å². The minimum Gasteiger partial charge on any atom is -0.326 e. The molecule has 2 aromatic rings. The Morgan fingerprint density at radius 2 is 2.00 bits per heavy atom. The van der Waals surface area contributed by atoms with Gasteiger partial charge in [-0.15, -0.1) is 5.10 Å². The molecule has 0 aliphatic rings. The highest BCUT2D eigenvalue weighted by Crippen LogP contribution is 2.22. The van der Waals surface area contributed by atoms with E-state index in [1.165, 1.54) is 20.0 Å². The largest absolute Gasteiger partial charge is 0.326 e. The van der Waals surface area contributed by atoms with Gasteiger partial charge >= 0.3 is 0 Å². The number of sulfonamides is 1. The molecule has 1 aromatic heterocycles. The van der Waals surface area contributed by atoms with Gasteiger partial charge in [-0.1, -0.05) is 11.3 Å². The summed E-state index contributed by atoms with van der Waals surface area (Å²) < 4.78 is 28.3. The third kappa shape index (κ3) is 3.58. The zero-order valence-electron chi connectivity index (χ0n) is 11.2.